The van der Waals surface area contributed by atoms with Gasteiger partial charge in [0.25, 0.3) is 0 Å². The minimum Gasteiger partial charge on any atom is -0.394 e. The summed E-state index contributed by atoms with van der Waals surface area (Å²) in [5.41, 5.74) is 0. The van der Waals surface area contributed by atoms with Crippen molar-refractivity contribution >= 4 is 12.1 Å². The molecule has 0 aromatic rings. The first kappa shape index (κ1) is 15.1. The zero-order chi connectivity index (χ0) is 12.9. The largest absolute Gasteiger partial charge is 0.394 e. The summed E-state index contributed by atoms with van der Waals surface area (Å²) in [4.78, 5) is 20.6. The Kier molecular flexibility index (Phi) is 6.26. The van der Waals surface area contributed by atoms with Gasteiger partial charge in [-0.15, -0.1) is 0 Å². The smallest absolute Gasteiger partial charge is 0.226 e. The minimum atomic E-state index is -2.20. The Hall–Kier alpha value is -0.900. The lowest BCUT2D eigenvalue weighted by Crippen LogP contribution is -2.52. The molecule has 0 rings (SSSR count). The molecule has 0 aromatic carbocycles. The number of hydrogen-bond acceptors (Lipinski definition) is 8. The van der Waals surface area contributed by atoms with E-state index in [2.05, 4.69) is 0 Å². The molecular formula is C8H14O8. The summed E-state index contributed by atoms with van der Waals surface area (Å²) in [6.07, 6.45) is -10.4. The molecule has 0 aliphatic carbocycles. The van der Waals surface area contributed by atoms with E-state index in [1.807, 2.05) is 0 Å². The highest BCUT2D eigenvalue weighted by Gasteiger charge is 2.36. The van der Waals surface area contributed by atoms with Gasteiger partial charge in [0.2, 0.25) is 5.78 Å². The number of aliphatic hydroxyl groups is 6. The van der Waals surface area contributed by atoms with Crippen LogP contribution < -0.4 is 0 Å². The molecule has 0 spiro atoms. The third kappa shape index (κ3) is 3.59. The summed E-state index contributed by atoms with van der Waals surface area (Å²) in [5.74, 6) is -1.38. The Morgan fingerprint density at radius 1 is 1.00 bits per heavy atom. The monoisotopic (exact) mass is 238 g/mol. The zero-order valence-corrected chi connectivity index (χ0v) is 8.17. The van der Waals surface area contributed by atoms with Crippen LogP contribution in [0.5, 0.6) is 0 Å². The van der Waals surface area contributed by atoms with Crippen LogP contribution in [0.2, 0.25) is 0 Å². The van der Waals surface area contributed by atoms with Crippen molar-refractivity contribution in [1.29, 1.82) is 0 Å². The molecule has 0 aliphatic rings. The van der Waals surface area contributed by atoms with E-state index in [1.165, 1.54) is 0 Å². The van der Waals surface area contributed by atoms with Gasteiger partial charge in [0, 0.05) is 0 Å². The maximum absolute atomic E-state index is 10.6. The van der Waals surface area contributed by atoms with Gasteiger partial charge < -0.3 is 30.6 Å². The number of ketones is 1. The fourth-order valence-corrected chi connectivity index (χ4v) is 0.962. The van der Waals surface area contributed by atoms with Crippen LogP contribution in [0.4, 0.5) is 0 Å². The molecule has 0 saturated heterocycles. The number of hydrogen-bond donors (Lipinski definition) is 6. The van der Waals surface area contributed by atoms with E-state index in [4.69, 9.17) is 20.4 Å². The molecule has 5 unspecified atom stereocenters. The molecule has 8 nitrogen and oxygen atoms in total. The Morgan fingerprint density at radius 3 is 1.88 bits per heavy atom. The molecule has 0 bridgehead atoms. The number of aliphatic hydroxyl groups excluding tert-OH is 6. The van der Waals surface area contributed by atoms with Gasteiger partial charge in [-0.05, 0) is 0 Å². The Morgan fingerprint density at radius 2 is 1.50 bits per heavy atom. The summed E-state index contributed by atoms with van der Waals surface area (Å²) in [6, 6.07) is 0. The molecule has 6 N–H and O–H groups in total. The normalized spacial score (nSPS) is 20.6. The van der Waals surface area contributed by atoms with Crippen molar-refractivity contribution in [3.63, 3.8) is 0 Å². The van der Waals surface area contributed by atoms with Gasteiger partial charge in [0.15, 0.2) is 6.29 Å². The van der Waals surface area contributed by atoms with Crippen LogP contribution in [0.15, 0.2) is 0 Å². The predicted molar refractivity (Wildman–Crippen MR) is 48.2 cm³/mol. The van der Waals surface area contributed by atoms with Crippen LogP contribution in [-0.4, -0.2) is 79.8 Å². The van der Waals surface area contributed by atoms with Gasteiger partial charge in [0.1, 0.15) is 30.5 Å². The highest BCUT2D eigenvalue weighted by Crippen LogP contribution is 2.08. The number of rotatable bonds is 7. The second-order valence-electron chi connectivity index (χ2n) is 3.19. The standard InChI is InChI=1S/C8H14O8/c9-1-3(11)5(13)7(15)8(16)6(14)4(12)2-10/h1,4-8,10,12-16H,2H2. The van der Waals surface area contributed by atoms with E-state index in [0.29, 0.717) is 0 Å². The molecule has 0 amide bonds. The molecule has 0 radical (unpaired) electrons. The second kappa shape index (κ2) is 6.63. The lowest BCUT2D eigenvalue weighted by atomic mass is 9.98. The van der Waals surface area contributed by atoms with E-state index >= 15 is 0 Å². The van der Waals surface area contributed by atoms with Crippen LogP contribution in [-0.2, 0) is 9.59 Å². The first-order valence-electron chi connectivity index (χ1n) is 4.37. The van der Waals surface area contributed by atoms with Crippen LogP contribution in [0, 0.1) is 0 Å². The average Bonchev–Trinajstić information content (AvgIpc) is 2.32. The summed E-state index contributed by atoms with van der Waals surface area (Å²) < 4.78 is 0. The summed E-state index contributed by atoms with van der Waals surface area (Å²) in [6.45, 7) is -0.886. The van der Waals surface area contributed by atoms with Gasteiger partial charge in [-0.3, -0.25) is 9.59 Å². The second-order valence-corrected chi connectivity index (χ2v) is 3.19. The fourth-order valence-electron chi connectivity index (χ4n) is 0.962. The number of carbonyl (C=O) groups excluding carboxylic acids is 2. The Bertz CT molecular complexity index is 242. The molecule has 16 heavy (non-hydrogen) atoms. The summed E-state index contributed by atoms with van der Waals surface area (Å²) >= 11 is 0. The quantitative estimate of drug-likeness (QED) is 0.191. The highest BCUT2D eigenvalue weighted by molar-refractivity contribution is 6.27. The minimum absolute atomic E-state index is 0.255. The molecule has 0 saturated carbocycles. The third-order valence-electron chi connectivity index (χ3n) is 2.01. The topological polar surface area (TPSA) is 156 Å². The van der Waals surface area contributed by atoms with Crippen LogP contribution >= 0.6 is 0 Å². The van der Waals surface area contributed by atoms with Gasteiger partial charge in [-0.1, -0.05) is 0 Å². The van der Waals surface area contributed by atoms with Crippen molar-refractivity contribution in [2.24, 2.45) is 0 Å². The highest BCUT2D eigenvalue weighted by atomic mass is 16.4. The van der Waals surface area contributed by atoms with Gasteiger partial charge >= 0.3 is 0 Å². The SMILES string of the molecule is O=CC(=O)C(O)C(O)C(O)C(O)C(O)CO. The van der Waals surface area contributed by atoms with E-state index in [1.54, 1.807) is 0 Å². The Labute approximate surface area is 90.4 Å². The van der Waals surface area contributed by atoms with E-state index in [9.17, 15) is 19.8 Å². The molecule has 5 atom stereocenters. The zero-order valence-electron chi connectivity index (χ0n) is 8.17. The number of Topliss-reactive ketones (excluding diaryl/α,β-unsaturated/α-hetero) is 1. The first-order valence-corrected chi connectivity index (χ1v) is 4.37. The van der Waals surface area contributed by atoms with Crippen molar-refractivity contribution in [3.8, 4) is 0 Å². The third-order valence-corrected chi connectivity index (χ3v) is 2.01. The van der Waals surface area contributed by atoms with Crippen molar-refractivity contribution in [1.82, 2.24) is 0 Å². The maximum atomic E-state index is 10.6. The number of carbonyl (C=O) groups is 2. The van der Waals surface area contributed by atoms with E-state index < -0.39 is 42.9 Å². The van der Waals surface area contributed by atoms with Crippen LogP contribution in [0.1, 0.15) is 0 Å². The summed E-state index contributed by atoms with van der Waals surface area (Å²) in [7, 11) is 0. The molecule has 0 aliphatic heterocycles. The molecule has 0 fully saturated rings. The van der Waals surface area contributed by atoms with E-state index in [0.717, 1.165) is 0 Å². The van der Waals surface area contributed by atoms with Gasteiger partial charge in [0.05, 0.1) is 6.61 Å². The van der Waals surface area contributed by atoms with Crippen molar-refractivity contribution < 1.29 is 40.2 Å². The lowest BCUT2D eigenvalue weighted by Gasteiger charge is -2.27. The van der Waals surface area contributed by atoms with Crippen LogP contribution in [0.3, 0.4) is 0 Å². The number of aldehydes is 1. The van der Waals surface area contributed by atoms with Crippen molar-refractivity contribution in [2.45, 2.75) is 30.5 Å². The van der Waals surface area contributed by atoms with E-state index in [-0.39, 0.29) is 6.29 Å². The van der Waals surface area contributed by atoms with Gasteiger partial charge in [-0.25, -0.2) is 0 Å². The fraction of sp³-hybridized carbons (Fsp3) is 0.750. The van der Waals surface area contributed by atoms with Crippen LogP contribution in [0.25, 0.3) is 0 Å². The molecule has 8 heteroatoms. The molecular weight excluding hydrogens is 224 g/mol. The van der Waals surface area contributed by atoms with Crippen molar-refractivity contribution in [2.75, 3.05) is 6.61 Å². The van der Waals surface area contributed by atoms with Crippen molar-refractivity contribution in [3.05, 3.63) is 0 Å². The predicted octanol–water partition coefficient (Wildman–Crippen LogP) is -4.45. The lowest BCUT2D eigenvalue weighted by molar-refractivity contribution is -0.156. The summed E-state index contributed by atoms with van der Waals surface area (Å²) in [5, 5.41) is 53.9. The maximum Gasteiger partial charge on any atom is 0.226 e. The average molecular weight is 238 g/mol. The Balaban J connectivity index is 4.53. The molecule has 0 aromatic heterocycles. The van der Waals surface area contributed by atoms with Gasteiger partial charge in [-0.2, -0.15) is 0 Å². The first-order chi connectivity index (χ1) is 7.36. The molecule has 94 valence electrons. The molecule has 0 heterocycles.